The summed E-state index contributed by atoms with van der Waals surface area (Å²) < 4.78 is 0. The first-order chi connectivity index (χ1) is 13.3. The molecule has 0 radical (unpaired) electrons. The predicted octanol–water partition coefficient (Wildman–Crippen LogP) is 2.56. The molecule has 2 aromatic rings. The van der Waals surface area contributed by atoms with E-state index < -0.39 is 0 Å². The minimum absolute atomic E-state index is 0.0605. The maximum atomic E-state index is 13.0. The first-order valence-electron chi connectivity index (χ1n) is 9.52. The lowest BCUT2D eigenvalue weighted by Gasteiger charge is -2.37. The summed E-state index contributed by atoms with van der Waals surface area (Å²) in [4.78, 5) is 21.3. The molecule has 1 saturated heterocycles. The molecule has 1 atom stereocenters. The molecule has 2 aliphatic rings. The van der Waals surface area contributed by atoms with Crippen LogP contribution in [0.3, 0.4) is 0 Å². The van der Waals surface area contributed by atoms with Crippen molar-refractivity contribution in [3.05, 3.63) is 77.4 Å². The average molecular weight is 363 g/mol. The van der Waals surface area contributed by atoms with Crippen LogP contribution in [0.4, 0.5) is 0 Å². The number of hydrogen-bond donors (Lipinski definition) is 1. The lowest BCUT2D eigenvalue weighted by molar-refractivity contribution is -0.158. The van der Waals surface area contributed by atoms with Crippen molar-refractivity contribution in [3.8, 4) is 0 Å². The van der Waals surface area contributed by atoms with E-state index in [-0.39, 0.29) is 11.9 Å². The van der Waals surface area contributed by atoms with Crippen LogP contribution < -0.4 is 5.32 Å². The van der Waals surface area contributed by atoms with Crippen LogP contribution in [0.2, 0.25) is 0 Å². The zero-order valence-corrected chi connectivity index (χ0v) is 15.4. The summed E-state index contributed by atoms with van der Waals surface area (Å²) in [5.41, 5.74) is 2.81. The van der Waals surface area contributed by atoms with E-state index in [1.807, 2.05) is 42.5 Å². The van der Waals surface area contributed by atoms with Crippen LogP contribution in [0.25, 0.3) is 6.08 Å². The predicted molar refractivity (Wildman–Crippen MR) is 106 cm³/mol. The second-order valence-corrected chi connectivity index (χ2v) is 6.95. The minimum atomic E-state index is -0.135. The SMILES string of the molecule is O=C1c2ccccc2CON1C(/C=C/c1ccccc1)CN1CCNCC1. The zero-order valence-electron chi connectivity index (χ0n) is 15.4. The topological polar surface area (TPSA) is 44.8 Å². The summed E-state index contributed by atoms with van der Waals surface area (Å²) in [5.74, 6) is -0.0605. The molecule has 0 saturated carbocycles. The van der Waals surface area contributed by atoms with Crippen molar-refractivity contribution in [2.75, 3.05) is 32.7 Å². The van der Waals surface area contributed by atoms with E-state index in [0.29, 0.717) is 6.61 Å². The Kier molecular flexibility index (Phi) is 5.63. The van der Waals surface area contributed by atoms with Crippen molar-refractivity contribution in [2.24, 2.45) is 0 Å². The van der Waals surface area contributed by atoms with E-state index in [4.69, 9.17) is 4.84 Å². The number of carbonyl (C=O) groups is 1. The zero-order chi connectivity index (χ0) is 18.5. The third-order valence-electron chi connectivity index (χ3n) is 5.07. The van der Waals surface area contributed by atoms with Gasteiger partial charge < -0.3 is 5.32 Å². The first-order valence-corrected chi connectivity index (χ1v) is 9.52. The van der Waals surface area contributed by atoms with Crippen molar-refractivity contribution in [1.29, 1.82) is 0 Å². The molecular weight excluding hydrogens is 338 g/mol. The fourth-order valence-corrected chi connectivity index (χ4v) is 3.58. The summed E-state index contributed by atoms with van der Waals surface area (Å²) in [5, 5.41) is 4.94. The molecule has 4 rings (SSSR count). The maximum absolute atomic E-state index is 13.0. The molecule has 2 aliphatic heterocycles. The molecule has 2 aromatic carbocycles. The van der Waals surface area contributed by atoms with E-state index in [1.165, 1.54) is 0 Å². The van der Waals surface area contributed by atoms with Gasteiger partial charge in [0.1, 0.15) is 6.61 Å². The molecule has 0 bridgehead atoms. The van der Waals surface area contributed by atoms with Gasteiger partial charge in [0.05, 0.1) is 6.04 Å². The number of carbonyl (C=O) groups excluding carboxylic acids is 1. The average Bonchev–Trinajstić information content (AvgIpc) is 2.73. The highest BCUT2D eigenvalue weighted by atomic mass is 16.7. The Morgan fingerprint density at radius 3 is 2.59 bits per heavy atom. The Balaban J connectivity index is 1.57. The Hall–Kier alpha value is -2.47. The van der Waals surface area contributed by atoms with Crippen LogP contribution in [-0.4, -0.2) is 54.6 Å². The van der Waals surface area contributed by atoms with Gasteiger partial charge in [0.25, 0.3) is 5.91 Å². The van der Waals surface area contributed by atoms with Gasteiger partial charge in [0.15, 0.2) is 0 Å². The monoisotopic (exact) mass is 363 g/mol. The quantitative estimate of drug-likeness (QED) is 0.887. The van der Waals surface area contributed by atoms with Gasteiger partial charge in [0, 0.05) is 38.3 Å². The molecule has 140 valence electrons. The number of hydrogen-bond acceptors (Lipinski definition) is 4. The number of nitrogens with zero attached hydrogens (tertiary/aromatic N) is 2. The molecule has 0 aromatic heterocycles. The second-order valence-electron chi connectivity index (χ2n) is 6.95. The molecular formula is C22H25N3O2. The molecule has 5 nitrogen and oxygen atoms in total. The minimum Gasteiger partial charge on any atom is -0.314 e. The third-order valence-corrected chi connectivity index (χ3v) is 5.07. The second kappa shape index (κ2) is 8.48. The summed E-state index contributed by atoms with van der Waals surface area (Å²) in [6.07, 6.45) is 4.16. The third kappa shape index (κ3) is 4.27. The molecule has 1 N–H and O–H groups in total. The molecule has 0 aliphatic carbocycles. The van der Waals surface area contributed by atoms with Crippen LogP contribution in [0, 0.1) is 0 Å². The van der Waals surface area contributed by atoms with Gasteiger partial charge in [-0.2, -0.15) is 0 Å². The number of amides is 1. The number of rotatable bonds is 5. The Bertz CT molecular complexity index is 800. The Labute approximate surface area is 160 Å². The van der Waals surface area contributed by atoms with Gasteiger partial charge >= 0.3 is 0 Å². The first kappa shape index (κ1) is 17.9. The van der Waals surface area contributed by atoms with Crippen molar-refractivity contribution in [1.82, 2.24) is 15.3 Å². The molecule has 5 heteroatoms. The van der Waals surface area contributed by atoms with Gasteiger partial charge in [-0.25, -0.2) is 5.06 Å². The number of benzene rings is 2. The fourth-order valence-electron chi connectivity index (χ4n) is 3.58. The van der Waals surface area contributed by atoms with Gasteiger partial charge in [-0.1, -0.05) is 60.7 Å². The molecule has 1 fully saturated rings. The highest BCUT2D eigenvalue weighted by Crippen LogP contribution is 2.23. The Morgan fingerprint density at radius 2 is 1.78 bits per heavy atom. The maximum Gasteiger partial charge on any atom is 0.278 e. The summed E-state index contributed by atoms with van der Waals surface area (Å²) >= 11 is 0. The number of hydroxylamine groups is 2. The van der Waals surface area contributed by atoms with Gasteiger partial charge in [0.2, 0.25) is 0 Å². The Morgan fingerprint density at radius 1 is 1.04 bits per heavy atom. The van der Waals surface area contributed by atoms with E-state index >= 15 is 0 Å². The van der Waals surface area contributed by atoms with Gasteiger partial charge in [-0.05, 0) is 17.2 Å². The summed E-state index contributed by atoms with van der Waals surface area (Å²) in [6, 6.07) is 17.7. The highest BCUT2D eigenvalue weighted by Gasteiger charge is 2.31. The standard InChI is InChI=1S/C22H25N3O2/c26-22-21-9-5-4-8-19(21)17-27-25(22)20(16-24-14-12-23-13-15-24)11-10-18-6-2-1-3-7-18/h1-11,20,23H,12-17H2/b11-10+. The van der Waals surface area contributed by atoms with Gasteiger partial charge in [-0.3, -0.25) is 14.5 Å². The number of nitrogens with one attached hydrogen (secondary N) is 1. The van der Waals surface area contributed by atoms with Crippen molar-refractivity contribution < 1.29 is 9.63 Å². The molecule has 2 heterocycles. The molecule has 0 spiro atoms. The molecule has 1 unspecified atom stereocenters. The highest BCUT2D eigenvalue weighted by molar-refractivity contribution is 5.96. The van der Waals surface area contributed by atoms with Gasteiger partial charge in [-0.15, -0.1) is 0 Å². The number of piperazine rings is 1. The summed E-state index contributed by atoms with van der Waals surface area (Å²) in [7, 11) is 0. The van der Waals surface area contributed by atoms with E-state index in [1.54, 1.807) is 5.06 Å². The normalized spacial score (nSPS) is 19.3. The van der Waals surface area contributed by atoms with Crippen molar-refractivity contribution in [2.45, 2.75) is 12.6 Å². The van der Waals surface area contributed by atoms with Crippen LogP contribution in [0.15, 0.2) is 60.7 Å². The van der Waals surface area contributed by atoms with Crippen LogP contribution in [-0.2, 0) is 11.4 Å². The van der Waals surface area contributed by atoms with Crippen LogP contribution in [0.1, 0.15) is 21.5 Å². The van der Waals surface area contributed by atoms with E-state index in [0.717, 1.165) is 49.4 Å². The lowest BCUT2D eigenvalue weighted by Crippen LogP contribution is -2.51. The molecule has 27 heavy (non-hydrogen) atoms. The van der Waals surface area contributed by atoms with Crippen LogP contribution >= 0.6 is 0 Å². The lowest BCUT2D eigenvalue weighted by atomic mass is 10.0. The summed E-state index contributed by atoms with van der Waals surface area (Å²) in [6.45, 7) is 5.11. The fraction of sp³-hybridized carbons (Fsp3) is 0.318. The van der Waals surface area contributed by atoms with E-state index in [2.05, 4.69) is 34.5 Å². The smallest absolute Gasteiger partial charge is 0.278 e. The van der Waals surface area contributed by atoms with Crippen molar-refractivity contribution >= 4 is 12.0 Å². The van der Waals surface area contributed by atoms with Crippen LogP contribution in [0.5, 0.6) is 0 Å². The largest absolute Gasteiger partial charge is 0.314 e. The van der Waals surface area contributed by atoms with E-state index in [9.17, 15) is 4.79 Å². The van der Waals surface area contributed by atoms with Crippen molar-refractivity contribution in [3.63, 3.8) is 0 Å². The molecule has 1 amide bonds. The number of fused-ring (bicyclic) bond motifs is 1.